The zero-order valence-corrected chi connectivity index (χ0v) is 10.4. The molecule has 0 saturated carbocycles. The van der Waals surface area contributed by atoms with Gasteiger partial charge < -0.3 is 5.11 Å². The lowest BCUT2D eigenvalue weighted by Crippen LogP contribution is -1.79. The molecule has 0 saturated heterocycles. The van der Waals surface area contributed by atoms with Gasteiger partial charge >= 0.3 is 0 Å². The van der Waals surface area contributed by atoms with Crippen molar-refractivity contribution in [1.82, 2.24) is 0 Å². The van der Waals surface area contributed by atoms with Gasteiger partial charge in [0.1, 0.15) is 0 Å². The number of aliphatic hydroxyl groups is 1. The van der Waals surface area contributed by atoms with Crippen LogP contribution in [0.3, 0.4) is 0 Å². The second-order valence-corrected chi connectivity index (χ2v) is 5.04. The number of hydrogen-bond acceptors (Lipinski definition) is 2. The smallest absolute Gasteiger partial charge is 0.0682 e. The summed E-state index contributed by atoms with van der Waals surface area (Å²) in [6.45, 7) is 0.0785. The molecule has 0 fully saturated rings. The first-order chi connectivity index (χ1) is 6.76. The third-order valence-corrected chi connectivity index (χ3v) is 4.69. The Morgan fingerprint density at radius 1 is 1.43 bits per heavy atom. The van der Waals surface area contributed by atoms with Crippen molar-refractivity contribution in [1.29, 1.82) is 0 Å². The monoisotopic (exact) mass is 290 g/mol. The molecule has 1 N–H and O–H groups in total. The van der Waals surface area contributed by atoms with Crippen LogP contribution >= 0.6 is 38.9 Å². The minimum absolute atomic E-state index is 0.0785. The number of halogens is 2. The second-order valence-electron chi connectivity index (χ2n) is 2.96. The minimum atomic E-state index is 0.0785. The summed E-state index contributed by atoms with van der Waals surface area (Å²) < 4.78 is 1.14. The maximum atomic E-state index is 8.99. The van der Waals surface area contributed by atoms with Crippen LogP contribution in [0.5, 0.6) is 0 Å². The largest absolute Gasteiger partial charge is 0.392 e. The average Bonchev–Trinajstić information content (AvgIpc) is 2.55. The molecule has 1 aromatic carbocycles. The van der Waals surface area contributed by atoms with E-state index in [0.29, 0.717) is 0 Å². The van der Waals surface area contributed by atoms with Crippen LogP contribution in [0.25, 0.3) is 10.1 Å². The molecule has 0 amide bonds. The number of benzene rings is 1. The molecule has 0 radical (unpaired) electrons. The Morgan fingerprint density at radius 3 is 2.86 bits per heavy atom. The SMILES string of the molecule is OCc1ccc2c(Cl)c(CBr)sc2c1. The first-order valence-corrected chi connectivity index (χ1v) is 6.44. The molecule has 0 aliphatic heterocycles. The van der Waals surface area contributed by atoms with Gasteiger partial charge in [-0.15, -0.1) is 11.3 Å². The highest BCUT2D eigenvalue weighted by molar-refractivity contribution is 9.08. The molecule has 74 valence electrons. The summed E-state index contributed by atoms with van der Waals surface area (Å²) in [5.74, 6) is 0. The molecule has 1 aromatic heterocycles. The zero-order valence-electron chi connectivity index (χ0n) is 7.26. The third kappa shape index (κ3) is 1.70. The summed E-state index contributed by atoms with van der Waals surface area (Å²) in [6, 6.07) is 5.85. The van der Waals surface area contributed by atoms with E-state index in [9.17, 15) is 0 Å². The number of aliphatic hydroxyl groups excluding tert-OH is 1. The Balaban J connectivity index is 2.66. The van der Waals surface area contributed by atoms with Gasteiger partial charge in [0.2, 0.25) is 0 Å². The van der Waals surface area contributed by atoms with Crippen molar-refractivity contribution in [3.05, 3.63) is 33.7 Å². The first-order valence-electron chi connectivity index (χ1n) is 4.13. The van der Waals surface area contributed by atoms with E-state index >= 15 is 0 Å². The molecule has 0 atom stereocenters. The van der Waals surface area contributed by atoms with Crippen LogP contribution in [0.2, 0.25) is 5.02 Å². The molecule has 1 heterocycles. The number of fused-ring (bicyclic) bond motifs is 1. The molecule has 0 aliphatic rings. The standard InChI is InChI=1S/C10H8BrClOS/c11-4-9-10(12)7-2-1-6(5-13)3-8(7)14-9/h1-3,13H,4-5H2. The van der Waals surface area contributed by atoms with Crippen LogP contribution < -0.4 is 0 Å². The Hall–Kier alpha value is -0.0900. The zero-order chi connectivity index (χ0) is 10.1. The molecule has 0 aliphatic carbocycles. The van der Waals surface area contributed by atoms with Crippen LogP contribution in [-0.2, 0) is 11.9 Å². The maximum absolute atomic E-state index is 8.99. The topological polar surface area (TPSA) is 20.2 Å². The summed E-state index contributed by atoms with van der Waals surface area (Å²) in [5, 5.41) is 11.7. The predicted octanol–water partition coefficient (Wildman–Crippen LogP) is 3.94. The van der Waals surface area contributed by atoms with Crippen molar-refractivity contribution in [2.75, 3.05) is 0 Å². The van der Waals surface area contributed by atoms with Crippen LogP contribution in [0.1, 0.15) is 10.4 Å². The van der Waals surface area contributed by atoms with Crippen LogP contribution in [-0.4, -0.2) is 5.11 Å². The fourth-order valence-electron chi connectivity index (χ4n) is 1.34. The average molecular weight is 292 g/mol. The highest BCUT2D eigenvalue weighted by atomic mass is 79.9. The molecule has 2 aromatic rings. The van der Waals surface area contributed by atoms with Crippen molar-refractivity contribution in [3.8, 4) is 0 Å². The molecule has 0 spiro atoms. The lowest BCUT2D eigenvalue weighted by Gasteiger charge is -1.95. The Morgan fingerprint density at radius 2 is 2.21 bits per heavy atom. The Bertz CT molecular complexity index is 466. The predicted molar refractivity (Wildman–Crippen MR) is 65.4 cm³/mol. The fraction of sp³-hybridized carbons (Fsp3) is 0.200. The second kappa shape index (κ2) is 4.19. The molecular weight excluding hydrogens is 284 g/mol. The van der Waals surface area contributed by atoms with Crippen molar-refractivity contribution in [2.45, 2.75) is 11.9 Å². The van der Waals surface area contributed by atoms with E-state index in [0.717, 1.165) is 30.9 Å². The van der Waals surface area contributed by atoms with E-state index < -0.39 is 0 Å². The lowest BCUT2D eigenvalue weighted by atomic mass is 10.2. The molecule has 4 heteroatoms. The fourth-order valence-corrected chi connectivity index (χ4v) is 3.54. The number of hydrogen-bond donors (Lipinski definition) is 1. The van der Waals surface area contributed by atoms with Gasteiger partial charge in [0.25, 0.3) is 0 Å². The number of alkyl halides is 1. The maximum Gasteiger partial charge on any atom is 0.0682 e. The summed E-state index contributed by atoms with van der Waals surface area (Å²) in [5.41, 5.74) is 0.927. The van der Waals surface area contributed by atoms with Gasteiger partial charge in [-0.3, -0.25) is 0 Å². The summed E-state index contributed by atoms with van der Waals surface area (Å²) in [4.78, 5) is 1.14. The third-order valence-electron chi connectivity index (χ3n) is 2.06. The van der Waals surface area contributed by atoms with Crippen LogP contribution in [0.4, 0.5) is 0 Å². The molecule has 0 unspecified atom stereocenters. The molecule has 14 heavy (non-hydrogen) atoms. The van der Waals surface area contributed by atoms with Crippen LogP contribution in [0.15, 0.2) is 18.2 Å². The number of thiophene rings is 1. The number of rotatable bonds is 2. The molecule has 1 nitrogen and oxygen atoms in total. The Labute approximate surface area is 99.4 Å². The summed E-state index contributed by atoms with van der Waals surface area (Å²) in [7, 11) is 0. The summed E-state index contributed by atoms with van der Waals surface area (Å²) >= 11 is 11.2. The van der Waals surface area contributed by atoms with Gasteiger partial charge in [-0.1, -0.05) is 39.7 Å². The lowest BCUT2D eigenvalue weighted by molar-refractivity contribution is 0.282. The highest BCUT2D eigenvalue weighted by Gasteiger charge is 2.09. The van der Waals surface area contributed by atoms with Gasteiger partial charge in [0.05, 0.1) is 11.6 Å². The van der Waals surface area contributed by atoms with E-state index in [1.807, 2.05) is 18.2 Å². The van der Waals surface area contributed by atoms with Crippen molar-refractivity contribution in [2.24, 2.45) is 0 Å². The molecule has 0 bridgehead atoms. The van der Waals surface area contributed by atoms with Gasteiger partial charge in [-0.2, -0.15) is 0 Å². The van der Waals surface area contributed by atoms with Crippen molar-refractivity contribution < 1.29 is 5.11 Å². The van der Waals surface area contributed by atoms with Crippen molar-refractivity contribution >= 4 is 49.0 Å². The van der Waals surface area contributed by atoms with E-state index in [2.05, 4.69) is 15.9 Å². The highest BCUT2D eigenvalue weighted by Crippen LogP contribution is 2.36. The van der Waals surface area contributed by atoms with E-state index in [4.69, 9.17) is 16.7 Å². The quantitative estimate of drug-likeness (QED) is 0.831. The van der Waals surface area contributed by atoms with Gasteiger partial charge in [-0.25, -0.2) is 0 Å². The van der Waals surface area contributed by atoms with E-state index in [1.165, 1.54) is 0 Å². The normalized spacial score (nSPS) is 11.1. The van der Waals surface area contributed by atoms with Crippen LogP contribution in [0, 0.1) is 0 Å². The van der Waals surface area contributed by atoms with Crippen molar-refractivity contribution in [3.63, 3.8) is 0 Å². The van der Waals surface area contributed by atoms with E-state index in [-0.39, 0.29) is 6.61 Å². The van der Waals surface area contributed by atoms with Gasteiger partial charge in [-0.05, 0) is 11.6 Å². The summed E-state index contributed by atoms with van der Waals surface area (Å²) in [6.07, 6.45) is 0. The molecule has 2 rings (SSSR count). The minimum Gasteiger partial charge on any atom is -0.392 e. The Kier molecular flexibility index (Phi) is 3.12. The van der Waals surface area contributed by atoms with E-state index in [1.54, 1.807) is 11.3 Å². The van der Waals surface area contributed by atoms with Gasteiger partial charge in [0, 0.05) is 20.3 Å². The molecular formula is C10H8BrClOS. The van der Waals surface area contributed by atoms with Gasteiger partial charge in [0.15, 0.2) is 0 Å². The first kappa shape index (κ1) is 10.4.